The van der Waals surface area contributed by atoms with Gasteiger partial charge in [-0.3, -0.25) is 9.59 Å². The van der Waals surface area contributed by atoms with E-state index in [4.69, 9.17) is 4.74 Å². The van der Waals surface area contributed by atoms with Crippen molar-refractivity contribution < 1.29 is 37.1 Å². The number of urea groups is 1. The van der Waals surface area contributed by atoms with Crippen LogP contribution in [0.1, 0.15) is 42.9 Å². The third-order valence-corrected chi connectivity index (χ3v) is 8.42. The molecule has 4 aliphatic rings. The van der Waals surface area contributed by atoms with Gasteiger partial charge in [0.1, 0.15) is 12.4 Å². The summed E-state index contributed by atoms with van der Waals surface area (Å²) in [7, 11) is 0. The Bertz CT molecular complexity index is 1420. The molecule has 12 heteroatoms. The molecule has 216 valence electrons. The zero-order chi connectivity index (χ0) is 29.1. The van der Waals surface area contributed by atoms with Gasteiger partial charge < -0.3 is 19.9 Å². The first-order chi connectivity index (χ1) is 19.5. The lowest BCUT2D eigenvalue weighted by Crippen LogP contribution is -2.59. The second-order valence-electron chi connectivity index (χ2n) is 11.3. The number of fused-ring (bicyclic) bond motifs is 2. The van der Waals surface area contributed by atoms with E-state index in [1.54, 1.807) is 29.2 Å². The van der Waals surface area contributed by atoms with Crippen LogP contribution in [0.2, 0.25) is 0 Å². The van der Waals surface area contributed by atoms with Gasteiger partial charge in [0.2, 0.25) is 11.5 Å². The van der Waals surface area contributed by atoms with Crippen LogP contribution in [0.5, 0.6) is 0 Å². The molecule has 2 aromatic rings. The number of nitrogens with zero attached hydrogens (tertiary/aromatic N) is 3. The number of halogens is 3. The van der Waals surface area contributed by atoms with Crippen molar-refractivity contribution in [1.82, 2.24) is 14.7 Å². The number of alkyl halides is 2. The van der Waals surface area contributed by atoms with Crippen molar-refractivity contribution >= 4 is 29.6 Å². The fourth-order valence-electron chi connectivity index (χ4n) is 5.89. The van der Waals surface area contributed by atoms with Crippen LogP contribution in [0.15, 0.2) is 42.5 Å². The van der Waals surface area contributed by atoms with Gasteiger partial charge in [0.05, 0.1) is 13.1 Å². The van der Waals surface area contributed by atoms with Crippen molar-refractivity contribution in [2.45, 2.75) is 56.7 Å². The minimum atomic E-state index is -2.88. The highest BCUT2D eigenvalue weighted by Gasteiger charge is 2.58. The first kappa shape index (κ1) is 27.1. The van der Waals surface area contributed by atoms with Crippen LogP contribution in [0.4, 0.5) is 28.4 Å². The normalized spacial score (nSPS) is 23.2. The molecular weight excluding hydrogens is 541 g/mol. The summed E-state index contributed by atoms with van der Waals surface area (Å²) in [6, 6.07) is 9.81. The molecule has 2 saturated heterocycles. The maximum atomic E-state index is 13.7. The van der Waals surface area contributed by atoms with Gasteiger partial charge >= 0.3 is 12.1 Å². The number of rotatable bonds is 7. The Hall–Kier alpha value is -4.09. The fraction of sp³-hybridized carbons (Fsp3) is 0.448. The SMILES string of the molecule is C[C@@H](C1CC1)N(Cc1ccc(F)cc1)C(=O)CN1C(=O)O[C@]2(CCc3cc(NC(=O)N4CC(F)(F)C4)ccc32)C1=O. The summed E-state index contributed by atoms with van der Waals surface area (Å²) in [5.41, 5.74) is 0.670. The average molecular weight is 571 g/mol. The van der Waals surface area contributed by atoms with E-state index in [-0.39, 0.29) is 24.8 Å². The minimum Gasteiger partial charge on any atom is -0.427 e. The zero-order valence-corrected chi connectivity index (χ0v) is 22.4. The number of hydrogen-bond acceptors (Lipinski definition) is 5. The number of aryl methyl sites for hydroxylation is 1. The maximum Gasteiger partial charge on any atom is 0.418 e. The van der Waals surface area contributed by atoms with Crippen LogP contribution >= 0.6 is 0 Å². The van der Waals surface area contributed by atoms with Gasteiger partial charge in [0.25, 0.3) is 11.8 Å². The summed E-state index contributed by atoms with van der Waals surface area (Å²) in [5.74, 6) is -3.99. The number of ether oxygens (including phenoxy) is 1. The molecule has 2 aliphatic heterocycles. The Kier molecular flexibility index (Phi) is 6.46. The largest absolute Gasteiger partial charge is 0.427 e. The van der Waals surface area contributed by atoms with E-state index in [0.29, 0.717) is 29.2 Å². The molecule has 1 N–H and O–H groups in total. The number of carbonyl (C=O) groups is 4. The lowest BCUT2D eigenvalue weighted by atomic mass is 9.94. The highest BCUT2D eigenvalue weighted by molar-refractivity contribution is 6.06. The summed E-state index contributed by atoms with van der Waals surface area (Å²) in [6.07, 6.45) is 1.59. The van der Waals surface area contributed by atoms with E-state index < -0.39 is 55.1 Å². The predicted octanol–water partition coefficient (Wildman–Crippen LogP) is 4.26. The van der Waals surface area contributed by atoms with Crippen LogP contribution in [-0.4, -0.2) is 70.2 Å². The zero-order valence-electron chi connectivity index (χ0n) is 22.4. The Morgan fingerprint density at radius 2 is 1.83 bits per heavy atom. The van der Waals surface area contributed by atoms with E-state index in [1.165, 1.54) is 18.2 Å². The van der Waals surface area contributed by atoms with Crippen LogP contribution in [0, 0.1) is 11.7 Å². The van der Waals surface area contributed by atoms with Gasteiger partial charge in [-0.2, -0.15) is 0 Å². The third-order valence-electron chi connectivity index (χ3n) is 8.42. The van der Waals surface area contributed by atoms with Crippen molar-refractivity contribution in [3.63, 3.8) is 0 Å². The molecular formula is C29H29F3N4O5. The Morgan fingerprint density at radius 3 is 2.49 bits per heavy atom. The summed E-state index contributed by atoms with van der Waals surface area (Å²) in [4.78, 5) is 55.8. The highest BCUT2D eigenvalue weighted by Crippen LogP contribution is 2.46. The van der Waals surface area contributed by atoms with E-state index in [2.05, 4.69) is 5.32 Å². The number of amides is 5. The second kappa shape index (κ2) is 9.78. The van der Waals surface area contributed by atoms with E-state index in [9.17, 15) is 32.3 Å². The molecule has 9 nitrogen and oxygen atoms in total. The molecule has 6 rings (SSSR count). The van der Waals surface area contributed by atoms with Crippen LogP contribution in [0.25, 0.3) is 0 Å². The molecule has 41 heavy (non-hydrogen) atoms. The van der Waals surface area contributed by atoms with Crippen molar-refractivity contribution in [2.24, 2.45) is 5.92 Å². The number of imide groups is 1. The minimum absolute atomic E-state index is 0.126. The summed E-state index contributed by atoms with van der Waals surface area (Å²) in [6.45, 7) is 0.369. The highest BCUT2D eigenvalue weighted by atomic mass is 19.3. The van der Waals surface area contributed by atoms with E-state index in [1.807, 2.05) is 6.92 Å². The maximum absolute atomic E-state index is 13.7. The molecule has 2 aliphatic carbocycles. The number of benzene rings is 2. The van der Waals surface area contributed by atoms with Gasteiger partial charge in [-0.15, -0.1) is 0 Å². The smallest absolute Gasteiger partial charge is 0.418 e. The number of likely N-dealkylation sites (tertiary alicyclic amines) is 1. The van der Waals surface area contributed by atoms with Crippen molar-refractivity contribution in [2.75, 3.05) is 25.0 Å². The molecule has 1 spiro atoms. The molecule has 1 saturated carbocycles. The number of carbonyl (C=O) groups excluding carboxylic acids is 4. The first-order valence-corrected chi connectivity index (χ1v) is 13.6. The molecule has 5 amide bonds. The predicted molar refractivity (Wildman–Crippen MR) is 139 cm³/mol. The molecule has 2 aromatic carbocycles. The molecule has 2 heterocycles. The number of hydrogen-bond donors (Lipinski definition) is 1. The Labute approximate surface area is 234 Å². The van der Waals surface area contributed by atoms with Gasteiger partial charge in [0.15, 0.2) is 0 Å². The molecule has 0 aromatic heterocycles. The van der Waals surface area contributed by atoms with E-state index in [0.717, 1.165) is 28.2 Å². The van der Waals surface area contributed by atoms with Crippen molar-refractivity contribution in [3.05, 3.63) is 65.0 Å². The number of nitrogens with one attached hydrogen (secondary N) is 1. The topological polar surface area (TPSA) is 99.3 Å². The van der Waals surface area contributed by atoms with Crippen LogP contribution in [-0.2, 0) is 32.9 Å². The molecule has 3 fully saturated rings. The lowest BCUT2D eigenvalue weighted by Gasteiger charge is -2.38. The third kappa shape index (κ3) is 5.00. The summed E-state index contributed by atoms with van der Waals surface area (Å²) < 4.78 is 45.3. The lowest BCUT2D eigenvalue weighted by molar-refractivity contribution is -0.143. The molecule has 0 bridgehead atoms. The van der Waals surface area contributed by atoms with Crippen LogP contribution in [0.3, 0.4) is 0 Å². The van der Waals surface area contributed by atoms with Crippen LogP contribution < -0.4 is 5.32 Å². The van der Waals surface area contributed by atoms with Gasteiger partial charge in [0, 0.05) is 30.3 Å². The summed E-state index contributed by atoms with van der Waals surface area (Å²) in [5, 5.41) is 2.58. The Morgan fingerprint density at radius 1 is 1.12 bits per heavy atom. The van der Waals surface area contributed by atoms with Gasteiger partial charge in [-0.1, -0.05) is 18.2 Å². The molecule has 2 atom stereocenters. The van der Waals surface area contributed by atoms with Crippen molar-refractivity contribution in [3.8, 4) is 0 Å². The molecule has 0 radical (unpaired) electrons. The summed E-state index contributed by atoms with van der Waals surface area (Å²) >= 11 is 0. The Balaban J connectivity index is 1.16. The van der Waals surface area contributed by atoms with Gasteiger partial charge in [-0.25, -0.2) is 27.7 Å². The first-order valence-electron chi connectivity index (χ1n) is 13.6. The van der Waals surface area contributed by atoms with E-state index >= 15 is 0 Å². The van der Waals surface area contributed by atoms with Gasteiger partial charge in [-0.05, 0) is 67.5 Å². The van der Waals surface area contributed by atoms with Crippen molar-refractivity contribution in [1.29, 1.82) is 0 Å². The fourth-order valence-corrected chi connectivity index (χ4v) is 5.89. The second-order valence-corrected chi connectivity index (χ2v) is 11.3. The number of anilines is 1. The average Bonchev–Trinajstić information content (AvgIpc) is 3.67. The monoisotopic (exact) mass is 570 g/mol. The molecule has 0 unspecified atom stereocenters. The standard InChI is InChI=1S/C29H29F3N4O5/c1-17(19-4-5-19)35(13-18-2-6-21(30)7-3-18)24(37)14-36-25(38)29(41-27(36)40)11-10-20-12-22(8-9-23(20)29)33-26(39)34-15-28(31,32)16-34/h2-3,6-9,12,17,19H,4-5,10-11,13-16H2,1H3,(H,33,39)/t17-,29-/m0/s1. The quantitative estimate of drug-likeness (QED) is 0.537.